The molecule has 0 aromatic heterocycles. The third kappa shape index (κ3) is 3.51. The fourth-order valence-corrected chi connectivity index (χ4v) is 2.80. The molecule has 0 bridgehead atoms. The number of anilines is 1. The van der Waals surface area contributed by atoms with Gasteiger partial charge >= 0.3 is 5.97 Å². The Morgan fingerprint density at radius 3 is 2.90 bits per heavy atom. The van der Waals surface area contributed by atoms with E-state index in [0.717, 1.165) is 31.5 Å². The van der Waals surface area contributed by atoms with Gasteiger partial charge in [0.15, 0.2) is 0 Å². The third-order valence-electron chi connectivity index (χ3n) is 3.98. The predicted octanol–water partition coefficient (Wildman–Crippen LogP) is 2.83. The Hall–Kier alpha value is -2.11. The standard InChI is InChI=1S/C15H20N2O4/c1-11-6-7-13(9-14(11)17(19)20)16-8-4-3-5-12(16)10-15(18)21-2/h6-7,9,12H,3-5,8,10H2,1-2H3. The number of piperidine rings is 1. The largest absolute Gasteiger partial charge is 0.469 e. The van der Waals surface area contributed by atoms with Gasteiger partial charge in [0.2, 0.25) is 0 Å². The van der Waals surface area contributed by atoms with Crippen molar-refractivity contribution in [3.63, 3.8) is 0 Å². The van der Waals surface area contributed by atoms with E-state index in [0.29, 0.717) is 12.0 Å². The molecule has 2 rings (SSSR count). The summed E-state index contributed by atoms with van der Waals surface area (Å²) in [6.07, 6.45) is 3.31. The van der Waals surface area contributed by atoms with Crippen LogP contribution >= 0.6 is 0 Å². The van der Waals surface area contributed by atoms with Gasteiger partial charge in [-0.05, 0) is 32.3 Å². The van der Waals surface area contributed by atoms with Crippen molar-refractivity contribution < 1.29 is 14.5 Å². The molecule has 1 aromatic rings. The maximum Gasteiger partial charge on any atom is 0.307 e. The zero-order chi connectivity index (χ0) is 15.4. The van der Waals surface area contributed by atoms with E-state index in [-0.39, 0.29) is 22.6 Å². The molecule has 0 radical (unpaired) electrons. The number of esters is 1. The second kappa shape index (κ2) is 6.56. The number of ether oxygens (including phenoxy) is 1. The van der Waals surface area contributed by atoms with Crippen LogP contribution in [0, 0.1) is 17.0 Å². The summed E-state index contributed by atoms with van der Waals surface area (Å²) in [7, 11) is 1.38. The molecule has 0 aliphatic carbocycles. The van der Waals surface area contributed by atoms with E-state index in [1.807, 2.05) is 6.07 Å². The van der Waals surface area contributed by atoms with Crippen molar-refractivity contribution in [3.05, 3.63) is 33.9 Å². The Bertz CT molecular complexity index is 544. The van der Waals surface area contributed by atoms with Gasteiger partial charge in [0.25, 0.3) is 5.69 Å². The second-order valence-corrected chi connectivity index (χ2v) is 5.35. The molecule has 1 atom stereocenters. The first-order valence-electron chi connectivity index (χ1n) is 7.11. The molecule has 0 saturated carbocycles. The highest BCUT2D eigenvalue weighted by atomic mass is 16.6. The van der Waals surface area contributed by atoms with E-state index in [2.05, 4.69) is 4.90 Å². The zero-order valence-electron chi connectivity index (χ0n) is 12.4. The molecule has 1 fully saturated rings. The minimum Gasteiger partial charge on any atom is -0.469 e. The number of rotatable bonds is 4. The van der Waals surface area contributed by atoms with Gasteiger partial charge in [0.05, 0.1) is 18.5 Å². The molecule has 114 valence electrons. The summed E-state index contributed by atoms with van der Waals surface area (Å²) in [4.78, 5) is 24.3. The SMILES string of the molecule is COC(=O)CC1CCCCN1c1ccc(C)c([N+](=O)[O-])c1. The van der Waals surface area contributed by atoms with E-state index in [1.54, 1.807) is 19.1 Å². The van der Waals surface area contributed by atoms with Crippen molar-refractivity contribution in [2.75, 3.05) is 18.6 Å². The topological polar surface area (TPSA) is 72.7 Å². The molecule has 1 unspecified atom stereocenters. The summed E-state index contributed by atoms with van der Waals surface area (Å²) in [6, 6.07) is 5.30. The smallest absolute Gasteiger partial charge is 0.307 e. The van der Waals surface area contributed by atoms with Gasteiger partial charge in [-0.25, -0.2) is 0 Å². The Morgan fingerprint density at radius 2 is 2.24 bits per heavy atom. The van der Waals surface area contributed by atoms with Crippen LogP contribution in [0.5, 0.6) is 0 Å². The van der Waals surface area contributed by atoms with Crippen molar-refractivity contribution in [1.29, 1.82) is 0 Å². The third-order valence-corrected chi connectivity index (χ3v) is 3.98. The van der Waals surface area contributed by atoms with Gasteiger partial charge < -0.3 is 9.64 Å². The highest BCUT2D eigenvalue weighted by molar-refractivity contribution is 5.71. The lowest BCUT2D eigenvalue weighted by Crippen LogP contribution is -2.41. The fraction of sp³-hybridized carbons (Fsp3) is 0.533. The van der Waals surface area contributed by atoms with Gasteiger partial charge in [0, 0.05) is 29.9 Å². The molecule has 6 heteroatoms. The molecule has 0 N–H and O–H groups in total. The first kappa shape index (κ1) is 15.3. The highest BCUT2D eigenvalue weighted by Gasteiger charge is 2.26. The predicted molar refractivity (Wildman–Crippen MR) is 79.5 cm³/mol. The van der Waals surface area contributed by atoms with Gasteiger partial charge in [0.1, 0.15) is 0 Å². The van der Waals surface area contributed by atoms with Crippen LogP contribution in [0.25, 0.3) is 0 Å². The van der Waals surface area contributed by atoms with Crippen LogP contribution in [-0.4, -0.2) is 30.6 Å². The molecular weight excluding hydrogens is 272 g/mol. The lowest BCUT2D eigenvalue weighted by Gasteiger charge is -2.37. The summed E-state index contributed by atoms with van der Waals surface area (Å²) in [5, 5.41) is 11.1. The van der Waals surface area contributed by atoms with Crippen LogP contribution in [0.15, 0.2) is 18.2 Å². The molecule has 0 spiro atoms. The average Bonchev–Trinajstić information content (AvgIpc) is 2.48. The number of hydrogen-bond acceptors (Lipinski definition) is 5. The van der Waals surface area contributed by atoms with E-state index >= 15 is 0 Å². The molecule has 1 heterocycles. The zero-order valence-corrected chi connectivity index (χ0v) is 12.4. The van der Waals surface area contributed by atoms with Crippen LogP contribution < -0.4 is 4.90 Å². The number of nitrogens with zero attached hydrogens (tertiary/aromatic N) is 2. The fourth-order valence-electron chi connectivity index (χ4n) is 2.80. The Balaban J connectivity index is 2.26. The van der Waals surface area contributed by atoms with Crippen LogP contribution in [0.3, 0.4) is 0 Å². The molecule has 0 amide bonds. The van der Waals surface area contributed by atoms with Crippen molar-refractivity contribution >= 4 is 17.3 Å². The van der Waals surface area contributed by atoms with Crippen LogP contribution in [0.2, 0.25) is 0 Å². The number of nitro benzene ring substituents is 1. The van der Waals surface area contributed by atoms with Gasteiger partial charge in [-0.3, -0.25) is 14.9 Å². The lowest BCUT2D eigenvalue weighted by atomic mass is 9.98. The number of methoxy groups -OCH3 is 1. The van der Waals surface area contributed by atoms with Crippen molar-refractivity contribution in [1.82, 2.24) is 0 Å². The summed E-state index contributed by atoms with van der Waals surface area (Å²) in [6.45, 7) is 2.53. The van der Waals surface area contributed by atoms with Crippen molar-refractivity contribution in [2.24, 2.45) is 0 Å². The highest BCUT2D eigenvalue weighted by Crippen LogP contribution is 2.30. The summed E-state index contributed by atoms with van der Waals surface area (Å²) in [5.74, 6) is -0.242. The second-order valence-electron chi connectivity index (χ2n) is 5.35. The molecule has 1 aliphatic heterocycles. The van der Waals surface area contributed by atoms with E-state index in [4.69, 9.17) is 4.74 Å². The van der Waals surface area contributed by atoms with E-state index in [9.17, 15) is 14.9 Å². The maximum absolute atomic E-state index is 11.5. The number of nitro groups is 1. The number of carbonyl (C=O) groups is 1. The summed E-state index contributed by atoms with van der Waals surface area (Å²) in [5.41, 5.74) is 1.57. The lowest BCUT2D eigenvalue weighted by molar-refractivity contribution is -0.385. The first-order chi connectivity index (χ1) is 10.0. The molecule has 1 aromatic carbocycles. The first-order valence-corrected chi connectivity index (χ1v) is 7.11. The summed E-state index contributed by atoms with van der Waals surface area (Å²) >= 11 is 0. The molecule has 1 aliphatic rings. The normalized spacial score (nSPS) is 18.4. The number of aryl methyl sites for hydroxylation is 1. The van der Waals surface area contributed by atoms with Gasteiger partial charge in [-0.1, -0.05) is 6.07 Å². The van der Waals surface area contributed by atoms with Crippen LogP contribution in [0.4, 0.5) is 11.4 Å². The molecule has 6 nitrogen and oxygen atoms in total. The van der Waals surface area contributed by atoms with E-state index < -0.39 is 0 Å². The number of carbonyl (C=O) groups excluding carboxylic acids is 1. The Kier molecular flexibility index (Phi) is 4.77. The van der Waals surface area contributed by atoms with Crippen molar-refractivity contribution in [3.8, 4) is 0 Å². The maximum atomic E-state index is 11.5. The molecule has 21 heavy (non-hydrogen) atoms. The van der Waals surface area contributed by atoms with Crippen molar-refractivity contribution in [2.45, 2.75) is 38.6 Å². The Labute approximate surface area is 123 Å². The monoisotopic (exact) mass is 292 g/mol. The quantitative estimate of drug-likeness (QED) is 0.484. The Morgan fingerprint density at radius 1 is 1.48 bits per heavy atom. The number of benzene rings is 1. The minimum atomic E-state index is -0.363. The van der Waals surface area contributed by atoms with Crippen LogP contribution in [0.1, 0.15) is 31.2 Å². The summed E-state index contributed by atoms with van der Waals surface area (Å²) < 4.78 is 4.74. The average molecular weight is 292 g/mol. The van der Waals surface area contributed by atoms with E-state index in [1.165, 1.54) is 7.11 Å². The van der Waals surface area contributed by atoms with Gasteiger partial charge in [-0.2, -0.15) is 0 Å². The van der Waals surface area contributed by atoms with Crippen LogP contribution in [-0.2, 0) is 9.53 Å². The number of hydrogen-bond donors (Lipinski definition) is 0. The minimum absolute atomic E-state index is 0.0495. The van der Waals surface area contributed by atoms with Gasteiger partial charge in [-0.15, -0.1) is 0 Å². The molecule has 1 saturated heterocycles. The molecular formula is C15H20N2O4.